The molecule has 1 rings (SSSR count). The maximum absolute atomic E-state index is 11.8. The van der Waals surface area contributed by atoms with Crippen molar-refractivity contribution in [1.29, 1.82) is 0 Å². The molecule has 7 heteroatoms. The van der Waals surface area contributed by atoms with Crippen LogP contribution in [0.15, 0.2) is 18.2 Å². The van der Waals surface area contributed by atoms with Crippen LogP contribution in [0.4, 0.5) is 5.69 Å². The number of hydrogen-bond donors (Lipinski definition) is 2. The molecule has 1 amide bonds. The van der Waals surface area contributed by atoms with Crippen LogP contribution in [0.1, 0.15) is 23.7 Å². The van der Waals surface area contributed by atoms with E-state index in [0.717, 1.165) is 13.0 Å². The van der Waals surface area contributed by atoms with E-state index in [9.17, 15) is 14.9 Å². The summed E-state index contributed by atoms with van der Waals surface area (Å²) in [5.41, 5.74) is -0.0370. The van der Waals surface area contributed by atoms with E-state index in [4.69, 9.17) is 11.6 Å². The Morgan fingerprint density at radius 3 is 2.74 bits per heavy atom. The molecule has 1 aromatic rings. The van der Waals surface area contributed by atoms with Crippen molar-refractivity contribution in [3.63, 3.8) is 0 Å². The lowest BCUT2D eigenvalue weighted by atomic mass is 10.2. The van der Waals surface area contributed by atoms with E-state index in [1.807, 2.05) is 0 Å². The first-order chi connectivity index (χ1) is 9.06. The first-order valence-corrected chi connectivity index (χ1v) is 6.37. The Bertz CT molecular complexity index is 466. The van der Waals surface area contributed by atoms with Crippen molar-refractivity contribution < 1.29 is 9.72 Å². The minimum Gasteiger partial charge on any atom is -0.351 e. The summed E-state index contributed by atoms with van der Waals surface area (Å²) in [5, 5.41) is 16.6. The number of benzene rings is 1. The zero-order valence-corrected chi connectivity index (χ0v) is 11.4. The standard InChI is InChI=1S/C12H16ClN3O3/c1-2-5-14-6-7-15-12(17)10-8-9(16(18)19)3-4-11(10)13/h3-4,8,14H,2,5-7H2,1H3,(H,15,17). The van der Waals surface area contributed by atoms with Crippen LogP contribution in [0.3, 0.4) is 0 Å². The lowest BCUT2D eigenvalue weighted by molar-refractivity contribution is -0.384. The summed E-state index contributed by atoms with van der Waals surface area (Å²) < 4.78 is 0. The summed E-state index contributed by atoms with van der Waals surface area (Å²) >= 11 is 5.86. The van der Waals surface area contributed by atoms with Gasteiger partial charge in [-0.05, 0) is 19.0 Å². The van der Waals surface area contributed by atoms with Crippen molar-refractivity contribution in [1.82, 2.24) is 10.6 Å². The molecule has 0 saturated heterocycles. The fourth-order valence-electron chi connectivity index (χ4n) is 1.46. The van der Waals surface area contributed by atoms with Gasteiger partial charge in [-0.2, -0.15) is 0 Å². The lowest BCUT2D eigenvalue weighted by Crippen LogP contribution is -2.32. The van der Waals surface area contributed by atoms with E-state index in [2.05, 4.69) is 17.6 Å². The Hall–Kier alpha value is -1.66. The molecule has 0 aliphatic rings. The smallest absolute Gasteiger partial charge is 0.270 e. The second-order valence-electron chi connectivity index (χ2n) is 3.93. The summed E-state index contributed by atoms with van der Waals surface area (Å²) in [6.07, 6.45) is 1.02. The quantitative estimate of drug-likeness (QED) is 0.456. The first-order valence-electron chi connectivity index (χ1n) is 5.99. The predicted molar refractivity (Wildman–Crippen MR) is 73.6 cm³/mol. The van der Waals surface area contributed by atoms with Crippen molar-refractivity contribution in [2.24, 2.45) is 0 Å². The molecule has 0 atom stereocenters. The minimum absolute atomic E-state index is 0.117. The number of carbonyl (C=O) groups excluding carboxylic acids is 1. The normalized spacial score (nSPS) is 10.2. The Balaban J connectivity index is 2.61. The van der Waals surface area contributed by atoms with Gasteiger partial charge in [0, 0.05) is 25.2 Å². The van der Waals surface area contributed by atoms with Gasteiger partial charge in [-0.15, -0.1) is 0 Å². The summed E-state index contributed by atoms with van der Waals surface area (Å²) in [7, 11) is 0. The molecule has 0 aliphatic carbocycles. The third-order valence-corrected chi connectivity index (χ3v) is 2.75. The number of nitro benzene ring substituents is 1. The molecular weight excluding hydrogens is 270 g/mol. The van der Waals surface area contributed by atoms with Gasteiger partial charge in [0.15, 0.2) is 0 Å². The van der Waals surface area contributed by atoms with Gasteiger partial charge < -0.3 is 10.6 Å². The topological polar surface area (TPSA) is 84.3 Å². The number of amides is 1. The zero-order valence-electron chi connectivity index (χ0n) is 10.6. The van der Waals surface area contributed by atoms with Gasteiger partial charge in [-0.25, -0.2) is 0 Å². The molecule has 0 radical (unpaired) electrons. The highest BCUT2D eigenvalue weighted by atomic mass is 35.5. The van der Waals surface area contributed by atoms with E-state index in [1.54, 1.807) is 0 Å². The van der Waals surface area contributed by atoms with E-state index in [1.165, 1.54) is 18.2 Å². The molecule has 2 N–H and O–H groups in total. The van der Waals surface area contributed by atoms with Crippen molar-refractivity contribution >= 4 is 23.2 Å². The number of nitro groups is 1. The van der Waals surface area contributed by atoms with Crippen LogP contribution in [0.25, 0.3) is 0 Å². The Labute approximate surface area is 116 Å². The largest absolute Gasteiger partial charge is 0.351 e. The molecule has 0 spiro atoms. The molecule has 19 heavy (non-hydrogen) atoms. The highest BCUT2D eigenvalue weighted by Gasteiger charge is 2.15. The van der Waals surface area contributed by atoms with Crippen LogP contribution in [0.2, 0.25) is 5.02 Å². The molecular formula is C12H16ClN3O3. The van der Waals surface area contributed by atoms with Crippen LogP contribution in [0, 0.1) is 10.1 Å². The van der Waals surface area contributed by atoms with Gasteiger partial charge in [0.1, 0.15) is 0 Å². The first kappa shape index (κ1) is 15.4. The molecule has 0 aromatic heterocycles. The number of carbonyl (C=O) groups is 1. The predicted octanol–water partition coefficient (Wildman–Crippen LogP) is 1.98. The summed E-state index contributed by atoms with van der Waals surface area (Å²) in [6, 6.07) is 3.79. The minimum atomic E-state index is -0.560. The molecule has 0 aliphatic heterocycles. The van der Waals surface area contributed by atoms with Gasteiger partial charge in [-0.1, -0.05) is 18.5 Å². The molecule has 1 aromatic carbocycles. The number of nitrogens with zero attached hydrogens (tertiary/aromatic N) is 1. The van der Waals surface area contributed by atoms with E-state index >= 15 is 0 Å². The van der Waals surface area contributed by atoms with Gasteiger partial charge in [0.05, 0.1) is 15.5 Å². The average molecular weight is 286 g/mol. The fraction of sp³-hybridized carbons (Fsp3) is 0.417. The van der Waals surface area contributed by atoms with Crippen LogP contribution in [0.5, 0.6) is 0 Å². The van der Waals surface area contributed by atoms with E-state index in [-0.39, 0.29) is 16.3 Å². The second kappa shape index (κ2) is 7.70. The Morgan fingerprint density at radius 1 is 1.37 bits per heavy atom. The summed E-state index contributed by atoms with van der Waals surface area (Å²) in [5.74, 6) is -0.410. The SMILES string of the molecule is CCCNCCNC(=O)c1cc([N+](=O)[O-])ccc1Cl. The Morgan fingerprint density at radius 2 is 2.11 bits per heavy atom. The monoisotopic (exact) mass is 285 g/mol. The average Bonchev–Trinajstić information content (AvgIpc) is 2.38. The van der Waals surface area contributed by atoms with Crippen LogP contribution < -0.4 is 10.6 Å². The number of hydrogen-bond acceptors (Lipinski definition) is 4. The second-order valence-corrected chi connectivity index (χ2v) is 4.33. The molecule has 0 bridgehead atoms. The van der Waals surface area contributed by atoms with Gasteiger partial charge in [-0.3, -0.25) is 14.9 Å². The lowest BCUT2D eigenvalue weighted by Gasteiger charge is -2.07. The summed E-state index contributed by atoms with van der Waals surface area (Å²) in [4.78, 5) is 21.9. The zero-order chi connectivity index (χ0) is 14.3. The van der Waals surface area contributed by atoms with Crippen molar-refractivity contribution in [2.75, 3.05) is 19.6 Å². The number of non-ortho nitro benzene ring substituents is 1. The van der Waals surface area contributed by atoms with Crippen LogP contribution >= 0.6 is 11.6 Å². The van der Waals surface area contributed by atoms with Gasteiger partial charge in [0.25, 0.3) is 11.6 Å². The van der Waals surface area contributed by atoms with E-state index in [0.29, 0.717) is 13.1 Å². The van der Waals surface area contributed by atoms with Crippen molar-refractivity contribution in [2.45, 2.75) is 13.3 Å². The maximum Gasteiger partial charge on any atom is 0.270 e. The van der Waals surface area contributed by atoms with E-state index < -0.39 is 10.8 Å². The highest BCUT2D eigenvalue weighted by Crippen LogP contribution is 2.21. The highest BCUT2D eigenvalue weighted by molar-refractivity contribution is 6.33. The van der Waals surface area contributed by atoms with Gasteiger partial charge >= 0.3 is 0 Å². The number of nitrogens with one attached hydrogen (secondary N) is 2. The molecule has 0 saturated carbocycles. The fourth-order valence-corrected chi connectivity index (χ4v) is 1.67. The number of rotatable bonds is 7. The van der Waals surface area contributed by atoms with Crippen LogP contribution in [-0.2, 0) is 0 Å². The maximum atomic E-state index is 11.8. The summed E-state index contributed by atoms with van der Waals surface area (Å²) in [6.45, 7) is 4.02. The number of halogens is 1. The third-order valence-electron chi connectivity index (χ3n) is 2.42. The molecule has 0 heterocycles. The van der Waals surface area contributed by atoms with Crippen molar-refractivity contribution in [3.05, 3.63) is 38.9 Å². The molecule has 104 valence electrons. The molecule has 0 fully saturated rings. The Kier molecular flexibility index (Phi) is 6.24. The third kappa shape index (κ3) is 4.84. The van der Waals surface area contributed by atoms with Crippen molar-refractivity contribution in [3.8, 4) is 0 Å². The molecule has 6 nitrogen and oxygen atoms in total. The van der Waals surface area contributed by atoms with Crippen LogP contribution in [-0.4, -0.2) is 30.5 Å². The van der Waals surface area contributed by atoms with Gasteiger partial charge in [0.2, 0.25) is 0 Å². The molecule has 0 unspecified atom stereocenters.